The van der Waals surface area contributed by atoms with Gasteiger partial charge >= 0.3 is 0 Å². The summed E-state index contributed by atoms with van der Waals surface area (Å²) in [6.07, 6.45) is 3.68. The fourth-order valence-electron chi connectivity index (χ4n) is 3.68. The van der Waals surface area contributed by atoms with Crippen LogP contribution in [-0.2, 0) is 19.4 Å². The molecule has 0 aliphatic carbocycles. The van der Waals surface area contributed by atoms with E-state index in [1.165, 1.54) is 31.4 Å². The zero-order valence-corrected chi connectivity index (χ0v) is 13.9. The van der Waals surface area contributed by atoms with Gasteiger partial charge in [0.05, 0.1) is 0 Å². The van der Waals surface area contributed by atoms with E-state index < -0.39 is 0 Å². The summed E-state index contributed by atoms with van der Waals surface area (Å²) in [6.45, 7) is 8.09. The predicted octanol–water partition coefficient (Wildman–Crippen LogP) is 4.80. The van der Waals surface area contributed by atoms with Crippen LogP contribution in [0.25, 0.3) is 0 Å². The molecule has 1 aliphatic rings. The second-order valence-corrected chi connectivity index (χ2v) is 6.60. The van der Waals surface area contributed by atoms with Crippen molar-refractivity contribution in [1.82, 2.24) is 4.90 Å². The minimum Gasteiger partial charge on any atom is -0.298 e. The fourth-order valence-corrected chi connectivity index (χ4v) is 3.68. The minimum atomic E-state index is 0.599. The van der Waals surface area contributed by atoms with Crippen molar-refractivity contribution in [2.24, 2.45) is 0 Å². The summed E-state index contributed by atoms with van der Waals surface area (Å²) >= 11 is 0. The molecular weight excluding hydrogens is 266 g/mol. The molecule has 3 rings (SSSR count). The fraction of sp³-hybridized carbons (Fsp3) is 0.429. The maximum atomic E-state index is 2.62. The van der Waals surface area contributed by atoms with Crippen molar-refractivity contribution in [3.63, 3.8) is 0 Å². The monoisotopic (exact) mass is 293 g/mol. The Balaban J connectivity index is 1.68. The molecular formula is C21H27N. The van der Waals surface area contributed by atoms with Gasteiger partial charge in [0.1, 0.15) is 0 Å². The zero-order chi connectivity index (χ0) is 15.4. The predicted molar refractivity (Wildman–Crippen MR) is 94.3 cm³/mol. The molecule has 2 aromatic carbocycles. The van der Waals surface area contributed by atoms with Gasteiger partial charge in [-0.1, -0.05) is 68.8 Å². The van der Waals surface area contributed by atoms with Crippen molar-refractivity contribution in [3.8, 4) is 0 Å². The zero-order valence-electron chi connectivity index (χ0n) is 13.9. The summed E-state index contributed by atoms with van der Waals surface area (Å²) in [5, 5.41) is 0. The molecule has 1 unspecified atom stereocenters. The van der Waals surface area contributed by atoms with Gasteiger partial charge in [0.2, 0.25) is 0 Å². The normalized spacial score (nSPS) is 16.3. The molecule has 0 aromatic heterocycles. The number of rotatable bonds is 5. The van der Waals surface area contributed by atoms with Crippen LogP contribution < -0.4 is 0 Å². The molecule has 116 valence electrons. The third-order valence-electron chi connectivity index (χ3n) is 4.86. The lowest BCUT2D eigenvalue weighted by molar-refractivity contribution is 0.241. The molecule has 1 heterocycles. The Morgan fingerprint density at radius 2 is 1.86 bits per heavy atom. The van der Waals surface area contributed by atoms with Gasteiger partial charge in [-0.15, -0.1) is 0 Å². The van der Waals surface area contributed by atoms with Crippen molar-refractivity contribution in [1.29, 1.82) is 0 Å². The average molecular weight is 293 g/mol. The Bertz CT molecular complexity index is 603. The Kier molecular flexibility index (Phi) is 4.94. The number of hydrogen-bond donors (Lipinski definition) is 0. The summed E-state index contributed by atoms with van der Waals surface area (Å²) in [4.78, 5) is 2.62. The summed E-state index contributed by atoms with van der Waals surface area (Å²) in [6, 6.07) is 17.8. The molecule has 0 spiro atoms. The standard InChI is InChI=1S/C21H27N/c1-3-8-19-11-7-12-20-16-22(14-13-21(19)20)15-17(2)18-9-5-4-6-10-18/h4-7,9-12,17H,3,8,13-16H2,1-2H3. The first kappa shape index (κ1) is 15.3. The van der Waals surface area contributed by atoms with E-state index >= 15 is 0 Å². The van der Waals surface area contributed by atoms with Crippen LogP contribution in [0.15, 0.2) is 48.5 Å². The molecule has 22 heavy (non-hydrogen) atoms. The lowest BCUT2D eigenvalue weighted by Crippen LogP contribution is -2.33. The van der Waals surface area contributed by atoms with Gasteiger partial charge in [0, 0.05) is 19.6 Å². The molecule has 0 bridgehead atoms. The third kappa shape index (κ3) is 3.41. The van der Waals surface area contributed by atoms with E-state index in [9.17, 15) is 0 Å². The topological polar surface area (TPSA) is 3.24 Å². The Morgan fingerprint density at radius 1 is 1.05 bits per heavy atom. The van der Waals surface area contributed by atoms with Gasteiger partial charge in [0.25, 0.3) is 0 Å². The second kappa shape index (κ2) is 7.11. The van der Waals surface area contributed by atoms with E-state index in [0.717, 1.165) is 13.1 Å². The van der Waals surface area contributed by atoms with Gasteiger partial charge in [0.15, 0.2) is 0 Å². The summed E-state index contributed by atoms with van der Waals surface area (Å²) in [7, 11) is 0. The molecule has 0 saturated carbocycles. The van der Waals surface area contributed by atoms with Gasteiger partial charge in [-0.2, -0.15) is 0 Å². The maximum Gasteiger partial charge on any atom is 0.0236 e. The van der Waals surface area contributed by atoms with Crippen LogP contribution in [0.3, 0.4) is 0 Å². The minimum absolute atomic E-state index is 0.599. The average Bonchev–Trinajstić information content (AvgIpc) is 2.56. The molecule has 0 fully saturated rings. The first-order valence-electron chi connectivity index (χ1n) is 8.65. The second-order valence-electron chi connectivity index (χ2n) is 6.60. The summed E-state index contributed by atoms with van der Waals surface area (Å²) in [5.41, 5.74) is 6.22. The Hall–Kier alpha value is -1.60. The van der Waals surface area contributed by atoms with Gasteiger partial charge < -0.3 is 0 Å². The third-order valence-corrected chi connectivity index (χ3v) is 4.86. The van der Waals surface area contributed by atoms with Gasteiger partial charge in [-0.05, 0) is 41.0 Å². The first-order chi connectivity index (χ1) is 10.8. The maximum absolute atomic E-state index is 2.62. The first-order valence-corrected chi connectivity index (χ1v) is 8.65. The largest absolute Gasteiger partial charge is 0.298 e. The quantitative estimate of drug-likeness (QED) is 0.765. The van der Waals surface area contributed by atoms with E-state index in [2.05, 4.69) is 67.3 Å². The number of aryl methyl sites for hydroxylation is 1. The molecule has 1 heteroatoms. The van der Waals surface area contributed by atoms with Gasteiger partial charge in [-0.3, -0.25) is 4.90 Å². The summed E-state index contributed by atoms with van der Waals surface area (Å²) < 4.78 is 0. The number of nitrogens with zero attached hydrogens (tertiary/aromatic N) is 1. The van der Waals surface area contributed by atoms with E-state index in [4.69, 9.17) is 0 Å². The number of fused-ring (bicyclic) bond motifs is 1. The number of benzene rings is 2. The lowest BCUT2D eigenvalue weighted by atomic mass is 9.91. The molecule has 0 radical (unpaired) electrons. The van der Waals surface area contributed by atoms with Crippen molar-refractivity contribution in [3.05, 3.63) is 70.8 Å². The summed E-state index contributed by atoms with van der Waals surface area (Å²) in [5.74, 6) is 0.599. The SMILES string of the molecule is CCCc1cccc2c1CCN(CC(C)c1ccccc1)C2. The van der Waals surface area contributed by atoms with Crippen LogP contribution in [0.2, 0.25) is 0 Å². The van der Waals surface area contributed by atoms with E-state index in [0.29, 0.717) is 5.92 Å². The Labute approximate surface area is 135 Å². The van der Waals surface area contributed by atoms with Gasteiger partial charge in [-0.25, -0.2) is 0 Å². The highest BCUT2D eigenvalue weighted by Crippen LogP contribution is 2.25. The van der Waals surface area contributed by atoms with Crippen LogP contribution in [-0.4, -0.2) is 18.0 Å². The van der Waals surface area contributed by atoms with Crippen molar-refractivity contribution >= 4 is 0 Å². The van der Waals surface area contributed by atoms with Crippen LogP contribution in [0.1, 0.15) is 48.4 Å². The highest BCUT2D eigenvalue weighted by molar-refractivity contribution is 5.37. The van der Waals surface area contributed by atoms with E-state index in [1.54, 1.807) is 16.7 Å². The molecule has 0 N–H and O–H groups in total. The highest BCUT2D eigenvalue weighted by Gasteiger charge is 2.20. The van der Waals surface area contributed by atoms with E-state index in [-0.39, 0.29) is 0 Å². The molecule has 1 nitrogen and oxygen atoms in total. The van der Waals surface area contributed by atoms with Crippen LogP contribution >= 0.6 is 0 Å². The Morgan fingerprint density at radius 3 is 2.64 bits per heavy atom. The van der Waals surface area contributed by atoms with Crippen LogP contribution in [0, 0.1) is 0 Å². The van der Waals surface area contributed by atoms with E-state index in [1.807, 2.05) is 0 Å². The molecule has 1 atom stereocenters. The molecule has 0 amide bonds. The van der Waals surface area contributed by atoms with Crippen LogP contribution in [0.5, 0.6) is 0 Å². The lowest BCUT2D eigenvalue weighted by Gasteiger charge is -2.32. The van der Waals surface area contributed by atoms with Crippen molar-refractivity contribution in [2.75, 3.05) is 13.1 Å². The smallest absolute Gasteiger partial charge is 0.0236 e. The molecule has 0 saturated heterocycles. The van der Waals surface area contributed by atoms with Crippen molar-refractivity contribution in [2.45, 2.75) is 45.6 Å². The van der Waals surface area contributed by atoms with Crippen LogP contribution in [0.4, 0.5) is 0 Å². The number of hydrogen-bond acceptors (Lipinski definition) is 1. The molecule has 2 aromatic rings. The highest BCUT2D eigenvalue weighted by atomic mass is 15.1. The molecule has 1 aliphatic heterocycles. The van der Waals surface area contributed by atoms with Crippen molar-refractivity contribution < 1.29 is 0 Å².